The lowest BCUT2D eigenvalue weighted by molar-refractivity contribution is 0.0819. The van der Waals surface area contributed by atoms with Crippen molar-refractivity contribution in [2.75, 3.05) is 32.7 Å². The van der Waals surface area contributed by atoms with Crippen LogP contribution in [0.3, 0.4) is 0 Å². The summed E-state index contributed by atoms with van der Waals surface area (Å²) in [7, 11) is 0. The fourth-order valence-corrected chi connectivity index (χ4v) is 6.87. The predicted octanol–water partition coefficient (Wildman–Crippen LogP) is 6.16. The third-order valence-corrected chi connectivity index (χ3v) is 9.52. The van der Waals surface area contributed by atoms with Crippen LogP contribution in [0.2, 0.25) is 0 Å². The van der Waals surface area contributed by atoms with Crippen LogP contribution in [0.25, 0.3) is 27.8 Å². The largest absolute Gasteiger partial charge is 0.393 e. The molecule has 1 aromatic carbocycles. The number of H-pyrrole nitrogens is 1. The van der Waals surface area contributed by atoms with Crippen molar-refractivity contribution < 1.29 is 5.11 Å². The van der Waals surface area contributed by atoms with Gasteiger partial charge in [-0.15, -0.1) is 0 Å². The molecule has 2 N–H and O–H groups in total. The molecule has 0 spiro atoms. The molecule has 0 amide bonds. The molecule has 2 aliphatic rings. The van der Waals surface area contributed by atoms with E-state index in [0.29, 0.717) is 11.8 Å². The SMILES string of the molecule is C=C(CCN1CCC(O)CC1)N1CCC(c2ccc3[nH]c(-c4cn5ncnc5c(C)c4C)c(C(C)C)c3c2)CC1. The lowest BCUT2D eigenvalue weighted by atomic mass is 9.87. The maximum atomic E-state index is 9.77. The van der Waals surface area contributed by atoms with E-state index in [4.69, 9.17) is 0 Å². The van der Waals surface area contributed by atoms with E-state index in [9.17, 15) is 5.11 Å². The molecule has 40 heavy (non-hydrogen) atoms. The average Bonchev–Trinajstić information content (AvgIpc) is 3.59. The quantitative estimate of drug-likeness (QED) is 0.294. The van der Waals surface area contributed by atoms with E-state index in [-0.39, 0.29) is 6.10 Å². The van der Waals surface area contributed by atoms with Gasteiger partial charge in [0.25, 0.3) is 0 Å². The lowest BCUT2D eigenvalue weighted by Crippen LogP contribution is -2.38. The van der Waals surface area contributed by atoms with Gasteiger partial charge >= 0.3 is 0 Å². The summed E-state index contributed by atoms with van der Waals surface area (Å²) in [6, 6.07) is 7.09. The van der Waals surface area contributed by atoms with E-state index in [1.807, 2.05) is 4.52 Å². The molecule has 4 aromatic rings. The Bertz CT molecular complexity index is 1520. The summed E-state index contributed by atoms with van der Waals surface area (Å²) in [6.45, 7) is 18.6. The second kappa shape index (κ2) is 11.0. The van der Waals surface area contributed by atoms with Gasteiger partial charge in [0.1, 0.15) is 6.33 Å². The summed E-state index contributed by atoms with van der Waals surface area (Å²) in [5.41, 5.74) is 11.1. The molecule has 2 aliphatic heterocycles. The number of likely N-dealkylation sites (tertiary alicyclic amines) is 2. The number of aromatic nitrogens is 4. The standard InChI is InChI=1S/C33H44N6O/c1-21(2)31-28-18-26(25-9-16-38(17-10-25)22(3)8-13-37-14-11-27(40)12-15-37)6-7-30(28)36-32(31)29-19-39-33(34-20-35-39)24(5)23(29)4/h6-7,18-21,25,27,36,40H,3,8-17H2,1-2,4-5H3. The highest BCUT2D eigenvalue weighted by molar-refractivity contribution is 5.92. The zero-order valence-electron chi connectivity index (χ0n) is 24.6. The number of hydrogen-bond donors (Lipinski definition) is 2. The van der Waals surface area contributed by atoms with Crippen LogP contribution in [0.1, 0.15) is 80.0 Å². The normalized spacial score (nSPS) is 18.0. The van der Waals surface area contributed by atoms with Gasteiger partial charge in [0.2, 0.25) is 0 Å². The molecule has 0 radical (unpaired) electrons. The minimum absolute atomic E-state index is 0.107. The number of aliphatic hydroxyl groups excluding tert-OH is 1. The monoisotopic (exact) mass is 540 g/mol. The van der Waals surface area contributed by atoms with Crippen LogP contribution < -0.4 is 0 Å². The minimum Gasteiger partial charge on any atom is -0.393 e. The maximum Gasteiger partial charge on any atom is 0.158 e. The Labute approximate surface area is 237 Å². The molecule has 7 nitrogen and oxygen atoms in total. The molecule has 0 atom stereocenters. The molecule has 0 saturated carbocycles. The molecule has 5 heterocycles. The van der Waals surface area contributed by atoms with E-state index in [2.05, 4.69) is 83.5 Å². The Hall–Kier alpha value is -3.16. The number of pyridine rings is 1. The van der Waals surface area contributed by atoms with E-state index in [1.165, 1.54) is 50.1 Å². The van der Waals surface area contributed by atoms with Crippen molar-refractivity contribution in [3.63, 3.8) is 0 Å². The summed E-state index contributed by atoms with van der Waals surface area (Å²) in [5.74, 6) is 0.962. The molecule has 0 unspecified atom stereocenters. The number of nitrogens with zero attached hydrogens (tertiary/aromatic N) is 5. The van der Waals surface area contributed by atoms with Crippen LogP contribution in [0.4, 0.5) is 0 Å². The highest BCUT2D eigenvalue weighted by atomic mass is 16.3. The van der Waals surface area contributed by atoms with Gasteiger partial charge in [-0.2, -0.15) is 5.10 Å². The third-order valence-electron chi connectivity index (χ3n) is 9.52. The first-order valence-corrected chi connectivity index (χ1v) is 15.1. The molecule has 2 fully saturated rings. The molecule has 7 heteroatoms. The summed E-state index contributed by atoms with van der Waals surface area (Å²) < 4.78 is 1.90. The molecule has 0 bridgehead atoms. The number of fused-ring (bicyclic) bond motifs is 2. The van der Waals surface area contributed by atoms with E-state index in [1.54, 1.807) is 6.33 Å². The smallest absolute Gasteiger partial charge is 0.158 e. The predicted molar refractivity (Wildman–Crippen MR) is 163 cm³/mol. The second-order valence-corrected chi connectivity index (χ2v) is 12.3. The van der Waals surface area contributed by atoms with Crippen LogP contribution in [0.5, 0.6) is 0 Å². The van der Waals surface area contributed by atoms with Crippen LogP contribution >= 0.6 is 0 Å². The molecule has 2 saturated heterocycles. The molecule has 6 rings (SSSR count). The van der Waals surface area contributed by atoms with Crippen molar-refractivity contribution in [3.05, 3.63) is 65.3 Å². The van der Waals surface area contributed by atoms with Gasteiger partial charge in [-0.25, -0.2) is 9.50 Å². The Kier molecular flexibility index (Phi) is 7.44. The van der Waals surface area contributed by atoms with Crippen molar-refractivity contribution in [2.45, 2.75) is 77.7 Å². The second-order valence-electron chi connectivity index (χ2n) is 12.3. The van der Waals surface area contributed by atoms with Gasteiger partial charge in [-0.1, -0.05) is 26.5 Å². The molecule has 3 aromatic heterocycles. The number of piperidine rings is 2. The Balaban J connectivity index is 1.19. The first-order valence-electron chi connectivity index (χ1n) is 15.1. The maximum absolute atomic E-state index is 9.77. The lowest BCUT2D eigenvalue weighted by Gasteiger charge is -2.36. The van der Waals surface area contributed by atoms with Gasteiger partial charge in [0.15, 0.2) is 5.65 Å². The van der Waals surface area contributed by atoms with Crippen LogP contribution in [0, 0.1) is 13.8 Å². The third kappa shape index (κ3) is 5.06. The van der Waals surface area contributed by atoms with Crippen LogP contribution in [-0.4, -0.2) is 73.3 Å². The van der Waals surface area contributed by atoms with E-state index in [0.717, 1.165) is 70.5 Å². The molecule has 212 valence electrons. The molecule has 0 aliphatic carbocycles. The van der Waals surface area contributed by atoms with Gasteiger partial charge in [0.05, 0.1) is 11.8 Å². The van der Waals surface area contributed by atoms with Crippen molar-refractivity contribution in [1.82, 2.24) is 29.4 Å². The van der Waals surface area contributed by atoms with Gasteiger partial charge in [-0.3, -0.25) is 0 Å². The number of benzene rings is 1. The van der Waals surface area contributed by atoms with Crippen LogP contribution in [-0.2, 0) is 0 Å². The van der Waals surface area contributed by atoms with Crippen LogP contribution in [0.15, 0.2) is 43.0 Å². The number of nitrogens with one attached hydrogen (secondary N) is 1. The number of aryl methyl sites for hydroxylation is 1. The number of hydrogen-bond acceptors (Lipinski definition) is 5. The van der Waals surface area contributed by atoms with Crippen molar-refractivity contribution in [1.29, 1.82) is 0 Å². The Morgan fingerprint density at radius 3 is 2.55 bits per heavy atom. The average molecular weight is 541 g/mol. The topological polar surface area (TPSA) is 72.7 Å². The van der Waals surface area contributed by atoms with E-state index >= 15 is 0 Å². The number of rotatable bonds is 7. The highest BCUT2D eigenvalue weighted by Crippen LogP contribution is 2.40. The molecular formula is C33H44N6O. The fourth-order valence-electron chi connectivity index (χ4n) is 6.87. The summed E-state index contributed by atoms with van der Waals surface area (Å²) in [4.78, 5) is 13.2. The molecular weight excluding hydrogens is 496 g/mol. The zero-order chi connectivity index (χ0) is 28.0. The minimum atomic E-state index is -0.107. The number of aliphatic hydroxyl groups is 1. The first kappa shape index (κ1) is 27.0. The van der Waals surface area contributed by atoms with Gasteiger partial charge < -0.3 is 19.9 Å². The number of aromatic amines is 1. The highest BCUT2D eigenvalue weighted by Gasteiger charge is 2.25. The first-order chi connectivity index (χ1) is 19.3. The van der Waals surface area contributed by atoms with Crippen molar-refractivity contribution in [3.8, 4) is 11.3 Å². The van der Waals surface area contributed by atoms with Gasteiger partial charge in [-0.05, 0) is 92.2 Å². The van der Waals surface area contributed by atoms with Crippen molar-refractivity contribution >= 4 is 16.6 Å². The summed E-state index contributed by atoms with van der Waals surface area (Å²) in [6.07, 6.45) is 8.80. The van der Waals surface area contributed by atoms with E-state index < -0.39 is 0 Å². The fraction of sp³-hybridized carbons (Fsp3) is 0.515. The zero-order valence-corrected chi connectivity index (χ0v) is 24.6. The Morgan fingerprint density at radius 2 is 1.82 bits per heavy atom. The summed E-state index contributed by atoms with van der Waals surface area (Å²) in [5, 5.41) is 15.6. The Morgan fingerprint density at radius 1 is 1.07 bits per heavy atom. The van der Waals surface area contributed by atoms with Gasteiger partial charge in [0, 0.05) is 61.1 Å². The van der Waals surface area contributed by atoms with Crippen molar-refractivity contribution in [2.24, 2.45) is 0 Å². The summed E-state index contributed by atoms with van der Waals surface area (Å²) >= 11 is 0.